The van der Waals surface area contributed by atoms with Crippen LogP contribution in [0, 0.1) is 11.8 Å². The molecule has 1 aliphatic rings. The van der Waals surface area contributed by atoms with Crippen LogP contribution in [-0.4, -0.2) is 38.6 Å². The van der Waals surface area contributed by atoms with Crippen LogP contribution in [0.4, 0.5) is 5.82 Å². The van der Waals surface area contributed by atoms with Gasteiger partial charge in [0, 0.05) is 35.6 Å². The monoisotopic (exact) mass is 431 g/mol. The smallest absolute Gasteiger partial charge is 0.166 e. The van der Waals surface area contributed by atoms with Crippen molar-refractivity contribution in [3.05, 3.63) is 60.0 Å². The minimum atomic E-state index is -1.03. The van der Waals surface area contributed by atoms with Gasteiger partial charge in [-0.2, -0.15) is 5.10 Å². The second kappa shape index (κ2) is 9.43. The summed E-state index contributed by atoms with van der Waals surface area (Å²) in [7, 11) is 0. The maximum Gasteiger partial charge on any atom is 0.166 e. The molecule has 0 spiro atoms. The number of piperidine rings is 1. The van der Waals surface area contributed by atoms with E-state index in [1.807, 2.05) is 41.2 Å². The third-order valence-corrected chi connectivity index (χ3v) is 5.30. The highest BCUT2D eigenvalue weighted by Crippen LogP contribution is 2.28. The Morgan fingerprint density at radius 1 is 1.28 bits per heavy atom. The molecule has 166 valence electrons. The fourth-order valence-corrected chi connectivity index (χ4v) is 3.60. The zero-order valence-corrected chi connectivity index (χ0v) is 18.5. The van der Waals surface area contributed by atoms with Crippen molar-refractivity contribution in [2.75, 3.05) is 18.8 Å². The maximum absolute atomic E-state index is 9.80. The van der Waals surface area contributed by atoms with Gasteiger partial charge in [0.25, 0.3) is 0 Å². The summed E-state index contributed by atoms with van der Waals surface area (Å²) in [6.07, 6.45) is 7.94. The van der Waals surface area contributed by atoms with Crippen molar-refractivity contribution in [1.82, 2.24) is 20.1 Å². The molecule has 3 heterocycles. The van der Waals surface area contributed by atoms with Gasteiger partial charge in [0.2, 0.25) is 0 Å². The first-order valence-electron chi connectivity index (χ1n) is 10.9. The first-order chi connectivity index (χ1) is 15.4. The van der Waals surface area contributed by atoms with Crippen LogP contribution >= 0.6 is 0 Å². The van der Waals surface area contributed by atoms with Gasteiger partial charge in [-0.3, -0.25) is 4.68 Å². The number of hydrogen-bond acceptors (Lipinski definition) is 6. The lowest BCUT2D eigenvalue weighted by Crippen LogP contribution is -2.31. The number of ether oxygens (including phenoxy) is 1. The zero-order valence-electron chi connectivity index (χ0n) is 18.5. The van der Waals surface area contributed by atoms with Crippen LogP contribution in [0.25, 0.3) is 11.1 Å². The molecule has 1 unspecified atom stereocenters. The van der Waals surface area contributed by atoms with Crippen molar-refractivity contribution in [2.24, 2.45) is 0 Å². The van der Waals surface area contributed by atoms with E-state index >= 15 is 0 Å². The van der Waals surface area contributed by atoms with Crippen LogP contribution < -0.4 is 15.8 Å². The summed E-state index contributed by atoms with van der Waals surface area (Å²) in [5.41, 5.74) is 8.70. The number of pyridine rings is 1. The van der Waals surface area contributed by atoms with Gasteiger partial charge in [0.15, 0.2) is 11.6 Å². The van der Waals surface area contributed by atoms with Gasteiger partial charge in [0.1, 0.15) is 12.2 Å². The number of nitrogens with two attached hydrogens (primary N) is 1. The van der Waals surface area contributed by atoms with E-state index in [4.69, 9.17) is 10.5 Å². The molecule has 1 atom stereocenters. The Morgan fingerprint density at radius 2 is 2.16 bits per heavy atom. The summed E-state index contributed by atoms with van der Waals surface area (Å²) in [6.45, 7) is 5.66. The van der Waals surface area contributed by atoms with Gasteiger partial charge in [-0.05, 0) is 57.0 Å². The van der Waals surface area contributed by atoms with Crippen molar-refractivity contribution < 1.29 is 9.84 Å². The molecular weight excluding hydrogens is 402 g/mol. The second-order valence-electron chi connectivity index (χ2n) is 8.61. The van der Waals surface area contributed by atoms with E-state index in [-0.39, 0.29) is 0 Å². The standard InChI is InChI=1S/C25H29N5O2/c1-25(2,31)9-8-18-5-3-6-19(11-18)17-32-23-12-20(13-28-24(23)26)21-14-29-30(16-21)22-7-4-10-27-15-22/h3,5-6,11-14,16,22,27,31H,4,7,10,15,17H2,1-2H3,(H2,26,28). The summed E-state index contributed by atoms with van der Waals surface area (Å²) >= 11 is 0. The molecule has 2 aromatic heterocycles. The van der Waals surface area contributed by atoms with E-state index in [9.17, 15) is 5.11 Å². The lowest BCUT2D eigenvalue weighted by Gasteiger charge is -2.22. The Balaban J connectivity index is 1.47. The zero-order chi connectivity index (χ0) is 22.6. The van der Waals surface area contributed by atoms with Crippen molar-refractivity contribution in [3.8, 4) is 28.7 Å². The molecule has 32 heavy (non-hydrogen) atoms. The number of rotatable bonds is 5. The first kappa shape index (κ1) is 21.9. The molecule has 0 amide bonds. The molecule has 7 nitrogen and oxygen atoms in total. The molecule has 1 aliphatic heterocycles. The van der Waals surface area contributed by atoms with Gasteiger partial charge < -0.3 is 20.9 Å². The van der Waals surface area contributed by atoms with E-state index in [0.29, 0.717) is 24.2 Å². The Bertz CT molecular complexity index is 1130. The minimum Gasteiger partial charge on any atom is -0.485 e. The van der Waals surface area contributed by atoms with Gasteiger partial charge >= 0.3 is 0 Å². The molecule has 7 heteroatoms. The summed E-state index contributed by atoms with van der Waals surface area (Å²) in [6, 6.07) is 10.00. The van der Waals surface area contributed by atoms with E-state index in [0.717, 1.165) is 48.2 Å². The SMILES string of the molecule is CC(C)(O)C#Cc1cccc(COc2cc(-c3cnn(C4CCCNC4)c3)cnc2N)c1. The summed E-state index contributed by atoms with van der Waals surface area (Å²) in [4.78, 5) is 4.32. The van der Waals surface area contributed by atoms with E-state index in [2.05, 4.69) is 33.4 Å². The number of aliphatic hydroxyl groups is 1. The normalized spacial score (nSPS) is 16.3. The first-order valence-corrected chi connectivity index (χ1v) is 10.9. The largest absolute Gasteiger partial charge is 0.485 e. The lowest BCUT2D eigenvalue weighted by molar-refractivity contribution is 0.143. The fourth-order valence-electron chi connectivity index (χ4n) is 3.60. The number of nitrogen functional groups attached to an aromatic ring is 1. The van der Waals surface area contributed by atoms with Crippen LogP contribution in [0.5, 0.6) is 5.75 Å². The Hall–Kier alpha value is -3.34. The summed E-state index contributed by atoms with van der Waals surface area (Å²) in [5.74, 6) is 6.68. The van der Waals surface area contributed by atoms with Crippen molar-refractivity contribution in [3.63, 3.8) is 0 Å². The number of nitrogens with one attached hydrogen (secondary N) is 1. The van der Waals surface area contributed by atoms with Crippen molar-refractivity contribution in [1.29, 1.82) is 0 Å². The van der Waals surface area contributed by atoms with Crippen molar-refractivity contribution in [2.45, 2.75) is 44.9 Å². The molecule has 3 aromatic rings. The van der Waals surface area contributed by atoms with E-state index < -0.39 is 5.60 Å². The third kappa shape index (κ3) is 5.67. The van der Waals surface area contributed by atoms with Gasteiger partial charge in [-0.15, -0.1) is 0 Å². The maximum atomic E-state index is 9.80. The highest BCUT2D eigenvalue weighted by Gasteiger charge is 2.16. The van der Waals surface area contributed by atoms with Gasteiger partial charge in [-0.1, -0.05) is 24.0 Å². The number of benzene rings is 1. The molecule has 0 aliphatic carbocycles. The molecular formula is C25H29N5O2. The average Bonchev–Trinajstić information content (AvgIpc) is 3.28. The number of nitrogens with zero attached hydrogens (tertiary/aromatic N) is 3. The fraction of sp³-hybridized carbons (Fsp3) is 0.360. The number of hydrogen-bond donors (Lipinski definition) is 3. The number of aromatic nitrogens is 3. The van der Waals surface area contributed by atoms with Crippen LogP contribution in [0.2, 0.25) is 0 Å². The quantitative estimate of drug-likeness (QED) is 0.537. The predicted octanol–water partition coefficient (Wildman–Crippen LogP) is 3.15. The molecule has 0 radical (unpaired) electrons. The van der Waals surface area contributed by atoms with Crippen LogP contribution in [-0.2, 0) is 6.61 Å². The van der Waals surface area contributed by atoms with Crippen LogP contribution in [0.3, 0.4) is 0 Å². The highest BCUT2D eigenvalue weighted by molar-refractivity contribution is 5.65. The Morgan fingerprint density at radius 3 is 2.94 bits per heavy atom. The minimum absolute atomic E-state index is 0.334. The molecule has 0 saturated carbocycles. The van der Waals surface area contributed by atoms with Gasteiger partial charge in [-0.25, -0.2) is 4.98 Å². The molecule has 0 bridgehead atoms. The summed E-state index contributed by atoms with van der Waals surface area (Å²) in [5, 5.41) is 17.8. The van der Waals surface area contributed by atoms with Gasteiger partial charge in [0.05, 0.1) is 12.2 Å². The Kier molecular flexibility index (Phi) is 6.45. The molecule has 1 saturated heterocycles. The molecule has 4 rings (SSSR count). The average molecular weight is 432 g/mol. The second-order valence-corrected chi connectivity index (χ2v) is 8.61. The highest BCUT2D eigenvalue weighted by atomic mass is 16.5. The lowest BCUT2D eigenvalue weighted by atomic mass is 10.1. The molecule has 1 fully saturated rings. The molecule has 1 aromatic carbocycles. The van der Waals surface area contributed by atoms with E-state index in [1.54, 1.807) is 20.0 Å². The van der Waals surface area contributed by atoms with Crippen LogP contribution in [0.1, 0.15) is 43.9 Å². The topological polar surface area (TPSA) is 98.2 Å². The summed E-state index contributed by atoms with van der Waals surface area (Å²) < 4.78 is 8.01. The Labute approximate surface area is 188 Å². The van der Waals surface area contributed by atoms with E-state index in [1.165, 1.54) is 0 Å². The molecule has 4 N–H and O–H groups in total. The number of anilines is 1. The van der Waals surface area contributed by atoms with Crippen molar-refractivity contribution >= 4 is 5.82 Å². The third-order valence-electron chi connectivity index (χ3n) is 5.30. The van der Waals surface area contributed by atoms with Crippen LogP contribution in [0.15, 0.2) is 48.9 Å². The predicted molar refractivity (Wildman–Crippen MR) is 125 cm³/mol.